The zero-order chi connectivity index (χ0) is 14.5. The molecule has 122 valence electrons. The monoisotopic (exact) mass is 292 g/mol. The lowest BCUT2D eigenvalue weighted by atomic mass is 9.79. The molecule has 1 aliphatic heterocycles. The molecule has 0 aromatic heterocycles. The van der Waals surface area contributed by atoms with Crippen LogP contribution in [0.4, 0.5) is 0 Å². The fraction of sp³-hybridized carbons (Fsp3) is 1.00. The summed E-state index contributed by atoms with van der Waals surface area (Å²) in [6.07, 6.45) is 17.4. The minimum Gasteiger partial charge on any atom is -0.310 e. The molecule has 3 aliphatic rings. The van der Waals surface area contributed by atoms with Crippen LogP contribution in [0.1, 0.15) is 84.0 Å². The molecule has 21 heavy (non-hydrogen) atoms. The van der Waals surface area contributed by atoms with Gasteiger partial charge in [-0.3, -0.25) is 4.90 Å². The number of nitrogens with zero attached hydrogens (tertiary/aromatic N) is 1. The van der Waals surface area contributed by atoms with Gasteiger partial charge in [-0.25, -0.2) is 0 Å². The Morgan fingerprint density at radius 1 is 1.00 bits per heavy atom. The highest BCUT2D eigenvalue weighted by Crippen LogP contribution is 2.35. The van der Waals surface area contributed by atoms with E-state index in [2.05, 4.69) is 17.1 Å². The third kappa shape index (κ3) is 3.82. The highest BCUT2D eigenvalue weighted by Gasteiger charge is 2.38. The summed E-state index contributed by atoms with van der Waals surface area (Å²) < 4.78 is 0. The maximum atomic E-state index is 3.97. The Hall–Kier alpha value is -0.0800. The fourth-order valence-corrected chi connectivity index (χ4v) is 5.41. The first-order chi connectivity index (χ1) is 10.3. The molecule has 0 aromatic carbocycles. The second-order valence-corrected chi connectivity index (χ2v) is 7.97. The van der Waals surface area contributed by atoms with Gasteiger partial charge in [-0.2, -0.15) is 0 Å². The predicted molar refractivity (Wildman–Crippen MR) is 90.7 cm³/mol. The van der Waals surface area contributed by atoms with E-state index in [0.717, 1.165) is 12.0 Å². The van der Waals surface area contributed by atoms with Crippen molar-refractivity contribution < 1.29 is 0 Å². The normalized spacial score (nSPS) is 30.1. The van der Waals surface area contributed by atoms with Crippen molar-refractivity contribution in [3.8, 4) is 0 Å². The van der Waals surface area contributed by atoms with E-state index in [9.17, 15) is 0 Å². The minimum atomic E-state index is 0.469. The van der Waals surface area contributed by atoms with Gasteiger partial charge in [0.15, 0.2) is 0 Å². The Morgan fingerprint density at radius 3 is 2.43 bits per heavy atom. The molecule has 1 saturated heterocycles. The number of hydrogen-bond acceptors (Lipinski definition) is 2. The van der Waals surface area contributed by atoms with E-state index in [0.29, 0.717) is 5.54 Å². The van der Waals surface area contributed by atoms with Crippen molar-refractivity contribution in [2.45, 2.75) is 95.6 Å². The van der Waals surface area contributed by atoms with Gasteiger partial charge < -0.3 is 5.32 Å². The van der Waals surface area contributed by atoms with Crippen molar-refractivity contribution in [3.05, 3.63) is 0 Å². The SMILES string of the molecule is CCC(C1CCCCC1)N1CCCNC2(CCCCC2)C1. The van der Waals surface area contributed by atoms with E-state index in [1.54, 1.807) is 0 Å². The summed E-state index contributed by atoms with van der Waals surface area (Å²) in [5, 5.41) is 3.97. The largest absolute Gasteiger partial charge is 0.310 e. The first kappa shape index (κ1) is 15.8. The maximum absolute atomic E-state index is 3.97. The summed E-state index contributed by atoms with van der Waals surface area (Å²) in [7, 11) is 0. The van der Waals surface area contributed by atoms with Gasteiger partial charge in [-0.15, -0.1) is 0 Å². The van der Waals surface area contributed by atoms with Crippen LogP contribution in [-0.2, 0) is 0 Å². The van der Waals surface area contributed by atoms with Crippen LogP contribution in [0.2, 0.25) is 0 Å². The zero-order valence-corrected chi connectivity index (χ0v) is 14.2. The standard InChI is InChI=1S/C19H36N2/c1-2-18(17-10-5-3-6-11-17)21-15-9-14-20-19(16-21)12-7-4-8-13-19/h17-18,20H,2-16H2,1H3. The number of rotatable bonds is 3. The summed E-state index contributed by atoms with van der Waals surface area (Å²) in [5.41, 5.74) is 0.469. The fourth-order valence-electron chi connectivity index (χ4n) is 5.41. The molecule has 0 aromatic rings. The molecule has 3 rings (SSSR count). The van der Waals surface area contributed by atoms with Crippen LogP contribution in [0.15, 0.2) is 0 Å². The van der Waals surface area contributed by atoms with Crippen LogP contribution in [-0.4, -0.2) is 36.1 Å². The van der Waals surface area contributed by atoms with Gasteiger partial charge in [0, 0.05) is 18.1 Å². The summed E-state index contributed by atoms with van der Waals surface area (Å²) in [6, 6.07) is 0.865. The van der Waals surface area contributed by atoms with E-state index in [-0.39, 0.29) is 0 Å². The molecular weight excluding hydrogens is 256 g/mol. The molecule has 2 saturated carbocycles. The molecule has 0 amide bonds. The molecule has 3 fully saturated rings. The molecule has 1 spiro atoms. The van der Waals surface area contributed by atoms with Gasteiger partial charge in [0.25, 0.3) is 0 Å². The molecule has 1 heterocycles. The van der Waals surface area contributed by atoms with Crippen LogP contribution in [0, 0.1) is 5.92 Å². The Bertz CT molecular complexity index is 303. The Kier molecular flexibility index (Phi) is 5.61. The van der Waals surface area contributed by atoms with Gasteiger partial charge in [-0.1, -0.05) is 45.4 Å². The van der Waals surface area contributed by atoms with E-state index >= 15 is 0 Å². The van der Waals surface area contributed by atoms with Gasteiger partial charge in [0.05, 0.1) is 0 Å². The van der Waals surface area contributed by atoms with Crippen LogP contribution in [0.5, 0.6) is 0 Å². The van der Waals surface area contributed by atoms with Gasteiger partial charge >= 0.3 is 0 Å². The van der Waals surface area contributed by atoms with Crippen molar-refractivity contribution in [2.24, 2.45) is 5.92 Å². The van der Waals surface area contributed by atoms with Crippen LogP contribution >= 0.6 is 0 Å². The van der Waals surface area contributed by atoms with Crippen LogP contribution < -0.4 is 5.32 Å². The minimum absolute atomic E-state index is 0.469. The molecule has 2 nitrogen and oxygen atoms in total. The van der Waals surface area contributed by atoms with Crippen molar-refractivity contribution in [1.29, 1.82) is 0 Å². The number of nitrogens with one attached hydrogen (secondary N) is 1. The topological polar surface area (TPSA) is 15.3 Å². The molecule has 1 unspecified atom stereocenters. The van der Waals surface area contributed by atoms with E-state index in [1.165, 1.54) is 96.7 Å². The van der Waals surface area contributed by atoms with E-state index in [1.807, 2.05) is 0 Å². The van der Waals surface area contributed by atoms with E-state index < -0.39 is 0 Å². The maximum Gasteiger partial charge on any atom is 0.0308 e. The molecule has 0 bridgehead atoms. The first-order valence-corrected chi connectivity index (χ1v) is 9.82. The summed E-state index contributed by atoms with van der Waals surface area (Å²) in [5.74, 6) is 0.988. The van der Waals surface area contributed by atoms with Crippen molar-refractivity contribution in [3.63, 3.8) is 0 Å². The average molecular weight is 293 g/mol. The summed E-state index contributed by atoms with van der Waals surface area (Å²) in [6.45, 7) is 6.36. The molecular formula is C19H36N2. The summed E-state index contributed by atoms with van der Waals surface area (Å²) in [4.78, 5) is 2.92. The number of hydrogen-bond donors (Lipinski definition) is 1. The second kappa shape index (κ2) is 7.46. The lowest BCUT2D eigenvalue weighted by molar-refractivity contribution is 0.0791. The van der Waals surface area contributed by atoms with Crippen molar-refractivity contribution in [1.82, 2.24) is 10.2 Å². The molecule has 2 aliphatic carbocycles. The second-order valence-electron chi connectivity index (χ2n) is 7.97. The smallest absolute Gasteiger partial charge is 0.0308 e. The van der Waals surface area contributed by atoms with Gasteiger partial charge in [0.1, 0.15) is 0 Å². The van der Waals surface area contributed by atoms with E-state index in [4.69, 9.17) is 0 Å². The van der Waals surface area contributed by atoms with Crippen LogP contribution in [0.25, 0.3) is 0 Å². The third-order valence-electron chi connectivity index (χ3n) is 6.52. The van der Waals surface area contributed by atoms with Crippen molar-refractivity contribution in [2.75, 3.05) is 19.6 Å². The third-order valence-corrected chi connectivity index (χ3v) is 6.52. The molecule has 1 N–H and O–H groups in total. The zero-order valence-electron chi connectivity index (χ0n) is 14.2. The Morgan fingerprint density at radius 2 is 1.71 bits per heavy atom. The molecule has 2 heteroatoms. The Balaban J connectivity index is 1.68. The van der Waals surface area contributed by atoms with Crippen molar-refractivity contribution >= 4 is 0 Å². The highest BCUT2D eigenvalue weighted by molar-refractivity contribution is 4.97. The quantitative estimate of drug-likeness (QED) is 0.832. The molecule has 1 atom stereocenters. The summed E-state index contributed by atoms with van der Waals surface area (Å²) >= 11 is 0. The average Bonchev–Trinajstić information content (AvgIpc) is 2.73. The highest BCUT2D eigenvalue weighted by atomic mass is 15.2. The first-order valence-electron chi connectivity index (χ1n) is 9.82. The molecule has 0 radical (unpaired) electrons. The lowest BCUT2D eigenvalue weighted by Gasteiger charge is -2.44. The van der Waals surface area contributed by atoms with Gasteiger partial charge in [0.2, 0.25) is 0 Å². The lowest BCUT2D eigenvalue weighted by Crippen LogP contribution is -2.55. The van der Waals surface area contributed by atoms with Crippen LogP contribution in [0.3, 0.4) is 0 Å². The Labute approximate surface area is 132 Å². The predicted octanol–water partition coefficient (Wildman–Crippen LogP) is 4.34. The van der Waals surface area contributed by atoms with Gasteiger partial charge in [-0.05, 0) is 57.5 Å².